The Kier molecular flexibility index (Phi) is 5.06. The van der Waals surface area contributed by atoms with E-state index in [-0.39, 0.29) is 5.41 Å². The van der Waals surface area contributed by atoms with Gasteiger partial charge in [-0.25, -0.2) is 0 Å². The van der Waals surface area contributed by atoms with Crippen LogP contribution in [0, 0.1) is 0 Å². The molecule has 1 heterocycles. The maximum atomic E-state index is 8.92. The van der Waals surface area contributed by atoms with Gasteiger partial charge in [-0.3, -0.25) is 4.90 Å². The first-order valence-corrected chi connectivity index (χ1v) is 7.70. The number of aliphatic hydroxyl groups is 1. The van der Waals surface area contributed by atoms with Crippen LogP contribution in [-0.2, 0) is 5.41 Å². The molecule has 0 atom stereocenters. The molecule has 0 amide bonds. The summed E-state index contributed by atoms with van der Waals surface area (Å²) in [4.78, 5) is 4.96. The van der Waals surface area contributed by atoms with Crippen LogP contribution in [0.1, 0.15) is 32.8 Å². The quantitative estimate of drug-likeness (QED) is 0.915. The fourth-order valence-electron chi connectivity index (χ4n) is 2.89. The minimum atomic E-state index is 0.185. The van der Waals surface area contributed by atoms with Crippen molar-refractivity contribution < 1.29 is 5.11 Å². The van der Waals surface area contributed by atoms with Crippen LogP contribution in [0.15, 0.2) is 24.3 Å². The largest absolute Gasteiger partial charge is 0.396 e. The lowest BCUT2D eigenvalue weighted by atomic mass is 9.85. The van der Waals surface area contributed by atoms with Gasteiger partial charge in [-0.05, 0) is 23.5 Å². The number of anilines is 1. The predicted octanol–water partition coefficient (Wildman–Crippen LogP) is 2.49. The molecule has 0 spiro atoms. The van der Waals surface area contributed by atoms with Crippen LogP contribution >= 0.6 is 0 Å². The number of para-hydroxylation sites is 1. The monoisotopic (exact) mass is 276 g/mol. The minimum Gasteiger partial charge on any atom is -0.396 e. The summed E-state index contributed by atoms with van der Waals surface area (Å²) < 4.78 is 0. The Labute approximate surface area is 123 Å². The number of benzene rings is 1. The number of hydrogen-bond donors (Lipinski definition) is 1. The van der Waals surface area contributed by atoms with Gasteiger partial charge in [-0.1, -0.05) is 39.0 Å². The SMILES string of the molecule is CC(C)(C)c1ccccc1N1CCN(CCCO)CC1. The van der Waals surface area contributed by atoms with Crippen LogP contribution in [0.4, 0.5) is 5.69 Å². The molecule has 1 aliphatic rings. The fourth-order valence-corrected chi connectivity index (χ4v) is 2.89. The molecule has 1 aliphatic heterocycles. The zero-order chi connectivity index (χ0) is 14.6. The van der Waals surface area contributed by atoms with Crippen LogP contribution in [0.25, 0.3) is 0 Å². The van der Waals surface area contributed by atoms with Gasteiger partial charge < -0.3 is 10.0 Å². The molecule has 20 heavy (non-hydrogen) atoms. The summed E-state index contributed by atoms with van der Waals surface area (Å²) in [5.74, 6) is 0. The van der Waals surface area contributed by atoms with Gasteiger partial charge in [0.05, 0.1) is 0 Å². The smallest absolute Gasteiger partial charge is 0.0443 e. The lowest BCUT2D eigenvalue weighted by Gasteiger charge is -2.38. The predicted molar refractivity (Wildman–Crippen MR) is 85.5 cm³/mol. The number of aliphatic hydroxyl groups excluding tert-OH is 1. The van der Waals surface area contributed by atoms with Crippen LogP contribution in [0.2, 0.25) is 0 Å². The summed E-state index contributed by atoms with van der Waals surface area (Å²) in [5, 5.41) is 8.92. The Balaban J connectivity index is 2.04. The molecule has 1 saturated heterocycles. The van der Waals surface area contributed by atoms with Crippen molar-refractivity contribution in [2.24, 2.45) is 0 Å². The van der Waals surface area contributed by atoms with E-state index in [4.69, 9.17) is 5.11 Å². The Morgan fingerprint density at radius 2 is 1.70 bits per heavy atom. The van der Waals surface area contributed by atoms with Gasteiger partial charge >= 0.3 is 0 Å². The first kappa shape index (κ1) is 15.3. The van der Waals surface area contributed by atoms with E-state index in [1.165, 1.54) is 11.3 Å². The molecule has 0 unspecified atom stereocenters. The number of piperazine rings is 1. The van der Waals surface area contributed by atoms with E-state index in [9.17, 15) is 0 Å². The van der Waals surface area contributed by atoms with E-state index in [1.807, 2.05) is 0 Å². The Bertz CT molecular complexity index is 417. The summed E-state index contributed by atoms with van der Waals surface area (Å²) in [5.41, 5.74) is 3.01. The van der Waals surface area contributed by atoms with Crippen molar-refractivity contribution in [2.75, 3.05) is 44.2 Å². The van der Waals surface area contributed by atoms with Crippen molar-refractivity contribution in [1.29, 1.82) is 0 Å². The molecule has 0 bridgehead atoms. The van der Waals surface area contributed by atoms with Gasteiger partial charge in [0, 0.05) is 45.0 Å². The highest BCUT2D eigenvalue weighted by molar-refractivity contribution is 5.56. The fraction of sp³-hybridized carbons (Fsp3) is 0.647. The van der Waals surface area contributed by atoms with Crippen molar-refractivity contribution in [2.45, 2.75) is 32.6 Å². The highest BCUT2D eigenvalue weighted by Gasteiger charge is 2.23. The molecular formula is C17H28N2O. The van der Waals surface area contributed by atoms with Crippen LogP contribution in [-0.4, -0.2) is 49.3 Å². The average molecular weight is 276 g/mol. The van der Waals surface area contributed by atoms with Gasteiger partial charge in [0.2, 0.25) is 0 Å². The van der Waals surface area contributed by atoms with Crippen molar-refractivity contribution in [1.82, 2.24) is 4.90 Å². The maximum Gasteiger partial charge on any atom is 0.0443 e. The molecule has 0 aromatic heterocycles. The lowest BCUT2D eigenvalue weighted by Crippen LogP contribution is -2.47. The van der Waals surface area contributed by atoms with Gasteiger partial charge in [0.25, 0.3) is 0 Å². The molecule has 1 aromatic carbocycles. The normalized spacial score (nSPS) is 17.5. The van der Waals surface area contributed by atoms with E-state index < -0.39 is 0 Å². The Morgan fingerprint density at radius 3 is 2.30 bits per heavy atom. The molecule has 1 aromatic rings. The number of nitrogens with zero attached hydrogens (tertiary/aromatic N) is 2. The van der Waals surface area contributed by atoms with Gasteiger partial charge in [-0.15, -0.1) is 0 Å². The van der Waals surface area contributed by atoms with E-state index in [1.54, 1.807) is 0 Å². The summed E-state index contributed by atoms with van der Waals surface area (Å²) in [6.07, 6.45) is 0.887. The number of rotatable bonds is 4. The van der Waals surface area contributed by atoms with Crippen LogP contribution in [0.5, 0.6) is 0 Å². The zero-order valence-electron chi connectivity index (χ0n) is 13.1. The molecule has 1 fully saturated rings. The maximum absolute atomic E-state index is 8.92. The first-order valence-electron chi connectivity index (χ1n) is 7.70. The molecule has 0 aliphatic carbocycles. The third-order valence-corrected chi connectivity index (χ3v) is 4.06. The van der Waals surface area contributed by atoms with Crippen molar-refractivity contribution in [3.05, 3.63) is 29.8 Å². The second-order valence-corrected chi connectivity index (χ2v) is 6.67. The summed E-state index contributed by atoms with van der Waals surface area (Å²) >= 11 is 0. The van der Waals surface area contributed by atoms with Crippen LogP contribution in [0.3, 0.4) is 0 Å². The molecule has 0 saturated carbocycles. The van der Waals surface area contributed by atoms with Crippen molar-refractivity contribution in [3.63, 3.8) is 0 Å². The van der Waals surface area contributed by atoms with E-state index >= 15 is 0 Å². The summed E-state index contributed by atoms with van der Waals surface area (Å²) in [7, 11) is 0. The Hall–Kier alpha value is -1.06. The molecule has 3 nitrogen and oxygen atoms in total. The van der Waals surface area contributed by atoms with Crippen molar-refractivity contribution in [3.8, 4) is 0 Å². The number of hydrogen-bond acceptors (Lipinski definition) is 3. The van der Waals surface area contributed by atoms with E-state index in [0.717, 1.165) is 39.1 Å². The Morgan fingerprint density at radius 1 is 1.05 bits per heavy atom. The standard InChI is InChI=1S/C17H28N2O/c1-17(2,3)15-7-4-5-8-16(15)19-12-10-18(11-13-19)9-6-14-20/h4-5,7-8,20H,6,9-14H2,1-3H3. The van der Waals surface area contributed by atoms with Gasteiger partial charge in [0.15, 0.2) is 0 Å². The van der Waals surface area contributed by atoms with Gasteiger partial charge in [-0.2, -0.15) is 0 Å². The second kappa shape index (κ2) is 6.59. The summed E-state index contributed by atoms with van der Waals surface area (Å²) in [6.45, 7) is 12.5. The third kappa shape index (κ3) is 3.74. The third-order valence-electron chi connectivity index (χ3n) is 4.06. The van der Waals surface area contributed by atoms with Gasteiger partial charge in [0.1, 0.15) is 0 Å². The summed E-state index contributed by atoms with van der Waals surface area (Å²) in [6, 6.07) is 8.79. The van der Waals surface area contributed by atoms with Crippen molar-refractivity contribution >= 4 is 5.69 Å². The average Bonchev–Trinajstić information content (AvgIpc) is 2.45. The topological polar surface area (TPSA) is 26.7 Å². The second-order valence-electron chi connectivity index (χ2n) is 6.67. The van der Waals surface area contributed by atoms with E-state index in [2.05, 4.69) is 54.8 Å². The first-order chi connectivity index (χ1) is 9.52. The van der Waals surface area contributed by atoms with Crippen LogP contribution < -0.4 is 4.90 Å². The van der Waals surface area contributed by atoms with E-state index in [0.29, 0.717) is 6.61 Å². The molecule has 3 heteroatoms. The molecule has 1 N–H and O–H groups in total. The zero-order valence-corrected chi connectivity index (χ0v) is 13.1. The highest BCUT2D eigenvalue weighted by Crippen LogP contribution is 2.32. The molecule has 112 valence electrons. The highest BCUT2D eigenvalue weighted by atomic mass is 16.3. The lowest BCUT2D eigenvalue weighted by molar-refractivity contribution is 0.216. The molecular weight excluding hydrogens is 248 g/mol. The molecule has 2 rings (SSSR count). The minimum absolute atomic E-state index is 0.185. The molecule has 0 radical (unpaired) electrons.